The van der Waals surface area contributed by atoms with E-state index in [2.05, 4.69) is 41.5 Å². The molecule has 5 heteroatoms. The summed E-state index contributed by atoms with van der Waals surface area (Å²) in [5.74, 6) is 3.27. The number of hydrogen-bond donors (Lipinski definition) is 1. The molecule has 1 spiro atoms. The smallest absolute Gasteiger partial charge is 0.226 e. The van der Waals surface area contributed by atoms with E-state index >= 15 is 0 Å². The maximum Gasteiger partial charge on any atom is 0.226 e. The van der Waals surface area contributed by atoms with Crippen molar-refractivity contribution >= 4 is 5.95 Å². The van der Waals surface area contributed by atoms with Gasteiger partial charge in [-0.15, -0.1) is 0 Å². The van der Waals surface area contributed by atoms with Gasteiger partial charge in [0.2, 0.25) is 5.95 Å². The predicted molar refractivity (Wildman–Crippen MR) is 103 cm³/mol. The molecule has 2 aromatic rings. The summed E-state index contributed by atoms with van der Waals surface area (Å²) in [4.78, 5) is 16.9. The zero-order chi connectivity index (χ0) is 17.6. The van der Waals surface area contributed by atoms with Crippen LogP contribution in [0.5, 0.6) is 0 Å². The number of nitrogens with one attached hydrogen (secondary N) is 1. The van der Waals surface area contributed by atoms with Crippen molar-refractivity contribution in [3.8, 4) is 11.4 Å². The summed E-state index contributed by atoms with van der Waals surface area (Å²) in [6, 6.07) is 8.74. The molecule has 26 heavy (non-hydrogen) atoms. The Hall–Kier alpha value is -2.01. The molecular weight excluding hydrogens is 322 g/mol. The van der Waals surface area contributed by atoms with Gasteiger partial charge < -0.3 is 10.2 Å². The van der Waals surface area contributed by atoms with Gasteiger partial charge in [-0.1, -0.05) is 30.7 Å². The Balaban J connectivity index is 1.62. The fourth-order valence-electron chi connectivity index (χ4n) is 4.42. The molecule has 1 atom stereocenters. The molecule has 3 aliphatic heterocycles. The van der Waals surface area contributed by atoms with Crippen LogP contribution >= 0.6 is 0 Å². The zero-order valence-corrected chi connectivity index (χ0v) is 15.5. The second-order valence-corrected chi connectivity index (χ2v) is 8.45. The second-order valence-electron chi connectivity index (χ2n) is 8.45. The van der Waals surface area contributed by atoms with Gasteiger partial charge >= 0.3 is 0 Å². The quantitative estimate of drug-likeness (QED) is 0.787. The van der Waals surface area contributed by atoms with Crippen molar-refractivity contribution in [1.82, 2.24) is 19.9 Å². The Morgan fingerprint density at radius 3 is 2.69 bits per heavy atom. The van der Waals surface area contributed by atoms with Crippen molar-refractivity contribution in [2.45, 2.75) is 50.5 Å². The van der Waals surface area contributed by atoms with Crippen LogP contribution in [0.3, 0.4) is 0 Å². The van der Waals surface area contributed by atoms with Gasteiger partial charge in [-0.05, 0) is 57.2 Å². The number of anilines is 1. The first-order chi connectivity index (χ1) is 12.7. The van der Waals surface area contributed by atoms with Crippen LogP contribution in [-0.4, -0.2) is 40.0 Å². The first-order valence-electron chi connectivity index (χ1n) is 9.99. The van der Waals surface area contributed by atoms with Crippen molar-refractivity contribution < 1.29 is 0 Å². The molecule has 6 bridgehead atoms. The Morgan fingerprint density at radius 1 is 1.04 bits per heavy atom. The number of rotatable bonds is 0. The van der Waals surface area contributed by atoms with Crippen LogP contribution in [0.15, 0.2) is 24.3 Å². The minimum absolute atomic E-state index is 0.212. The van der Waals surface area contributed by atoms with Gasteiger partial charge in [0.15, 0.2) is 5.82 Å². The molecule has 1 aromatic carbocycles. The van der Waals surface area contributed by atoms with Crippen molar-refractivity contribution in [2.75, 3.05) is 25.5 Å². The Kier molecular flexibility index (Phi) is 3.92. The SMILES string of the molecule is CN1CCC2CCCC3(CC3)c3nc(nc(n3)-c3ccc(cc3)C1)NC2. The van der Waals surface area contributed by atoms with Crippen LogP contribution in [0, 0.1) is 5.92 Å². The van der Waals surface area contributed by atoms with Crippen LogP contribution in [0.4, 0.5) is 5.95 Å². The molecule has 0 radical (unpaired) electrons. The normalized spacial score (nSPS) is 24.6. The van der Waals surface area contributed by atoms with E-state index in [9.17, 15) is 0 Å². The number of nitrogens with zero attached hydrogens (tertiary/aromatic N) is 4. The van der Waals surface area contributed by atoms with E-state index in [4.69, 9.17) is 15.0 Å². The first kappa shape index (κ1) is 16.2. The molecule has 0 saturated heterocycles. The molecule has 1 aliphatic carbocycles. The van der Waals surface area contributed by atoms with E-state index in [0.29, 0.717) is 5.92 Å². The van der Waals surface area contributed by atoms with Crippen LogP contribution in [0.2, 0.25) is 0 Å². The summed E-state index contributed by atoms with van der Waals surface area (Å²) in [6.07, 6.45) is 7.46. The van der Waals surface area contributed by atoms with Crippen molar-refractivity contribution in [2.24, 2.45) is 5.92 Å². The van der Waals surface area contributed by atoms with Gasteiger partial charge in [0, 0.05) is 24.1 Å². The summed E-state index contributed by atoms with van der Waals surface area (Å²) in [5.41, 5.74) is 2.65. The number of aromatic nitrogens is 3. The van der Waals surface area contributed by atoms with E-state index in [0.717, 1.165) is 42.8 Å². The topological polar surface area (TPSA) is 53.9 Å². The summed E-state index contributed by atoms with van der Waals surface area (Å²) >= 11 is 0. The van der Waals surface area contributed by atoms with Gasteiger partial charge in [0.1, 0.15) is 5.82 Å². The standard InChI is InChI=1S/C21H27N5/c1-26-12-8-15-3-2-9-21(10-11-21)19-23-18(24-20(25-19)22-13-15)17-6-4-16(14-26)5-7-17/h4-7,15H,2-3,8-14H2,1H3,(H,22,23,24,25). The van der Waals surface area contributed by atoms with E-state index < -0.39 is 0 Å². The fourth-order valence-corrected chi connectivity index (χ4v) is 4.42. The summed E-state index contributed by atoms with van der Waals surface area (Å²) < 4.78 is 0. The van der Waals surface area contributed by atoms with Crippen molar-refractivity contribution in [3.63, 3.8) is 0 Å². The lowest BCUT2D eigenvalue weighted by Crippen LogP contribution is -2.26. The molecule has 1 aromatic heterocycles. The highest BCUT2D eigenvalue weighted by Gasteiger charge is 2.47. The Bertz CT molecular complexity index is 797. The minimum Gasteiger partial charge on any atom is -0.354 e. The zero-order valence-electron chi connectivity index (χ0n) is 15.5. The molecule has 0 amide bonds. The van der Waals surface area contributed by atoms with Gasteiger partial charge in [0.25, 0.3) is 0 Å². The molecule has 1 N–H and O–H groups in total. The lowest BCUT2D eigenvalue weighted by molar-refractivity contribution is 0.286. The van der Waals surface area contributed by atoms with Crippen LogP contribution in [-0.2, 0) is 12.0 Å². The van der Waals surface area contributed by atoms with Gasteiger partial charge in [0.05, 0.1) is 0 Å². The highest BCUT2D eigenvalue weighted by Crippen LogP contribution is 2.51. The lowest BCUT2D eigenvalue weighted by Gasteiger charge is -2.25. The largest absolute Gasteiger partial charge is 0.354 e. The van der Waals surface area contributed by atoms with Gasteiger partial charge in [-0.2, -0.15) is 9.97 Å². The number of hydrogen-bond acceptors (Lipinski definition) is 5. The Labute approximate surface area is 155 Å². The summed E-state index contributed by atoms with van der Waals surface area (Å²) in [5, 5.41) is 3.54. The third kappa shape index (κ3) is 3.09. The van der Waals surface area contributed by atoms with Crippen molar-refractivity contribution in [3.05, 3.63) is 35.7 Å². The number of benzene rings is 1. The van der Waals surface area contributed by atoms with Crippen LogP contribution < -0.4 is 5.32 Å². The average Bonchev–Trinajstić information content (AvgIpc) is 3.44. The molecule has 1 unspecified atom stereocenters. The van der Waals surface area contributed by atoms with E-state index in [-0.39, 0.29) is 5.41 Å². The monoisotopic (exact) mass is 349 g/mol. The molecule has 5 nitrogen and oxygen atoms in total. The molecule has 136 valence electrons. The predicted octanol–water partition coefficient (Wildman–Crippen LogP) is 3.62. The first-order valence-corrected chi connectivity index (χ1v) is 9.99. The van der Waals surface area contributed by atoms with E-state index in [1.165, 1.54) is 44.1 Å². The lowest BCUT2D eigenvalue weighted by atomic mass is 9.91. The molecule has 4 heterocycles. The van der Waals surface area contributed by atoms with Crippen LogP contribution in [0.1, 0.15) is 49.9 Å². The average molecular weight is 349 g/mol. The summed E-state index contributed by atoms with van der Waals surface area (Å²) in [7, 11) is 2.23. The van der Waals surface area contributed by atoms with E-state index in [1.807, 2.05) is 0 Å². The third-order valence-corrected chi connectivity index (χ3v) is 6.36. The van der Waals surface area contributed by atoms with Crippen LogP contribution in [0.25, 0.3) is 11.4 Å². The highest BCUT2D eigenvalue weighted by molar-refractivity contribution is 5.57. The Morgan fingerprint density at radius 2 is 1.88 bits per heavy atom. The van der Waals surface area contributed by atoms with Gasteiger partial charge in [-0.3, -0.25) is 0 Å². The maximum atomic E-state index is 4.91. The molecule has 1 saturated carbocycles. The van der Waals surface area contributed by atoms with Crippen molar-refractivity contribution in [1.29, 1.82) is 0 Å². The fraction of sp³-hybridized carbons (Fsp3) is 0.571. The highest BCUT2D eigenvalue weighted by atomic mass is 15.2. The molecule has 1 fully saturated rings. The second kappa shape index (κ2) is 6.31. The third-order valence-electron chi connectivity index (χ3n) is 6.36. The summed E-state index contributed by atoms with van der Waals surface area (Å²) in [6.45, 7) is 3.09. The molecule has 6 rings (SSSR count). The molecule has 4 aliphatic rings. The molecular formula is C21H27N5. The minimum atomic E-state index is 0.212. The van der Waals surface area contributed by atoms with Gasteiger partial charge in [-0.25, -0.2) is 4.98 Å². The maximum absolute atomic E-state index is 4.91. The van der Waals surface area contributed by atoms with E-state index in [1.54, 1.807) is 0 Å². The number of fused-ring (bicyclic) bond motifs is 7.